The third-order valence-corrected chi connectivity index (χ3v) is 6.26. The van der Waals surface area contributed by atoms with Gasteiger partial charge in [-0.05, 0) is 67.6 Å². The molecular weight excluding hydrogens is 367 g/mol. The van der Waals surface area contributed by atoms with Crippen LogP contribution < -0.4 is 0 Å². The maximum absolute atomic E-state index is 14.9. The third-order valence-electron chi connectivity index (χ3n) is 6.26. The van der Waals surface area contributed by atoms with Gasteiger partial charge in [0.2, 0.25) is 0 Å². The SMILES string of the molecule is Cc1cc(C)c2[nH]ccc2c1CN1CCC(C)(F)CC1c1ccc(C(=O)O)cc1. The molecule has 1 aromatic heterocycles. The van der Waals surface area contributed by atoms with E-state index in [1.165, 1.54) is 22.1 Å². The van der Waals surface area contributed by atoms with Crippen molar-refractivity contribution in [2.45, 2.75) is 51.9 Å². The van der Waals surface area contributed by atoms with Crippen LogP contribution in [0, 0.1) is 13.8 Å². The second-order valence-electron chi connectivity index (χ2n) is 8.54. The van der Waals surface area contributed by atoms with E-state index < -0.39 is 11.6 Å². The summed E-state index contributed by atoms with van der Waals surface area (Å²) < 4.78 is 14.9. The zero-order chi connectivity index (χ0) is 20.8. The lowest BCUT2D eigenvalue weighted by molar-refractivity contribution is 0.0246. The first-order valence-corrected chi connectivity index (χ1v) is 10.1. The van der Waals surface area contributed by atoms with Gasteiger partial charge in [-0.2, -0.15) is 0 Å². The van der Waals surface area contributed by atoms with Crippen LogP contribution in [0.4, 0.5) is 4.39 Å². The van der Waals surface area contributed by atoms with Crippen LogP contribution in [0.3, 0.4) is 0 Å². The number of aromatic amines is 1. The normalized spacial score (nSPS) is 22.8. The summed E-state index contributed by atoms with van der Waals surface area (Å²) in [6.45, 7) is 7.32. The summed E-state index contributed by atoms with van der Waals surface area (Å²) in [5.41, 5.74) is 4.88. The number of carboxylic acids is 1. The predicted molar refractivity (Wildman–Crippen MR) is 113 cm³/mol. The summed E-state index contributed by atoms with van der Waals surface area (Å²) in [5, 5.41) is 10.4. The van der Waals surface area contributed by atoms with E-state index >= 15 is 0 Å². The van der Waals surface area contributed by atoms with Gasteiger partial charge in [0.1, 0.15) is 5.67 Å². The summed E-state index contributed by atoms with van der Waals surface area (Å²) in [4.78, 5) is 16.9. The van der Waals surface area contributed by atoms with E-state index in [9.17, 15) is 14.3 Å². The van der Waals surface area contributed by atoms with Gasteiger partial charge in [-0.1, -0.05) is 18.2 Å². The van der Waals surface area contributed by atoms with E-state index in [4.69, 9.17) is 0 Å². The van der Waals surface area contributed by atoms with Gasteiger partial charge < -0.3 is 10.1 Å². The predicted octanol–water partition coefficient (Wildman–Crippen LogP) is 5.55. The Labute approximate surface area is 170 Å². The lowest BCUT2D eigenvalue weighted by atomic mass is 9.85. The molecule has 3 aromatic rings. The van der Waals surface area contributed by atoms with Gasteiger partial charge in [0.05, 0.1) is 5.56 Å². The van der Waals surface area contributed by atoms with Crippen LogP contribution in [-0.2, 0) is 6.54 Å². The van der Waals surface area contributed by atoms with Crippen molar-refractivity contribution in [1.29, 1.82) is 0 Å². The molecule has 152 valence electrons. The topological polar surface area (TPSA) is 56.3 Å². The maximum atomic E-state index is 14.9. The Kier molecular flexibility index (Phi) is 4.95. The number of aryl methyl sites for hydroxylation is 2. The number of halogens is 1. The van der Waals surface area contributed by atoms with Gasteiger partial charge in [-0.25, -0.2) is 9.18 Å². The molecule has 0 aliphatic carbocycles. The molecule has 4 rings (SSSR count). The quantitative estimate of drug-likeness (QED) is 0.610. The maximum Gasteiger partial charge on any atom is 0.335 e. The molecule has 0 bridgehead atoms. The van der Waals surface area contributed by atoms with E-state index in [2.05, 4.69) is 35.9 Å². The average Bonchev–Trinajstić information content (AvgIpc) is 3.16. The van der Waals surface area contributed by atoms with Crippen LogP contribution in [-0.4, -0.2) is 33.2 Å². The van der Waals surface area contributed by atoms with E-state index in [0.717, 1.165) is 17.6 Å². The number of hydrogen-bond acceptors (Lipinski definition) is 2. The van der Waals surface area contributed by atoms with Crippen molar-refractivity contribution in [2.75, 3.05) is 6.54 Å². The largest absolute Gasteiger partial charge is 0.478 e. The Bertz CT molecular complexity index is 1050. The van der Waals surface area contributed by atoms with Crippen molar-refractivity contribution in [1.82, 2.24) is 9.88 Å². The molecule has 0 radical (unpaired) electrons. The smallest absolute Gasteiger partial charge is 0.335 e. The van der Waals surface area contributed by atoms with E-state index in [-0.39, 0.29) is 11.6 Å². The zero-order valence-corrected chi connectivity index (χ0v) is 17.1. The first-order chi connectivity index (χ1) is 13.7. The van der Waals surface area contributed by atoms with Crippen LogP contribution in [0.15, 0.2) is 42.6 Å². The molecule has 2 N–H and O–H groups in total. The minimum absolute atomic E-state index is 0.0868. The van der Waals surface area contributed by atoms with Crippen molar-refractivity contribution in [3.8, 4) is 0 Å². The van der Waals surface area contributed by atoms with E-state index in [1.54, 1.807) is 19.1 Å². The number of likely N-dealkylation sites (tertiary alicyclic amines) is 1. The molecule has 4 nitrogen and oxygen atoms in total. The zero-order valence-electron chi connectivity index (χ0n) is 17.1. The Morgan fingerprint density at radius 2 is 1.97 bits per heavy atom. The molecule has 0 spiro atoms. The number of benzene rings is 2. The van der Waals surface area contributed by atoms with Crippen LogP contribution in [0.2, 0.25) is 0 Å². The standard InChI is InChI=1S/C24H27FN2O2/c1-15-12-16(2)22-19(8-10-26-22)20(15)14-27-11-9-24(3,25)13-21(27)17-4-6-18(7-5-17)23(28)29/h4-8,10,12,21,26H,9,11,13-14H2,1-3H3,(H,28,29). The number of nitrogens with zero attached hydrogens (tertiary/aromatic N) is 1. The number of H-pyrrole nitrogens is 1. The van der Waals surface area contributed by atoms with Gasteiger partial charge in [-0.3, -0.25) is 4.90 Å². The fraction of sp³-hybridized carbons (Fsp3) is 0.375. The molecular formula is C24H27FN2O2. The highest BCUT2D eigenvalue weighted by molar-refractivity contribution is 5.88. The Morgan fingerprint density at radius 1 is 1.24 bits per heavy atom. The molecule has 2 unspecified atom stereocenters. The summed E-state index contributed by atoms with van der Waals surface area (Å²) in [5.74, 6) is -0.947. The van der Waals surface area contributed by atoms with Gasteiger partial charge in [0.15, 0.2) is 0 Å². The Morgan fingerprint density at radius 3 is 2.66 bits per heavy atom. The molecule has 0 amide bonds. The number of carboxylic acid groups (broad SMARTS) is 1. The second kappa shape index (κ2) is 7.30. The summed E-state index contributed by atoms with van der Waals surface area (Å²) in [6.07, 6.45) is 2.87. The minimum atomic E-state index is -1.22. The second-order valence-corrected chi connectivity index (χ2v) is 8.54. The number of carbonyl (C=O) groups is 1. The lowest BCUT2D eigenvalue weighted by Crippen LogP contribution is -2.42. The third kappa shape index (κ3) is 3.79. The first-order valence-electron chi connectivity index (χ1n) is 10.1. The number of nitrogens with one attached hydrogen (secondary N) is 1. The molecule has 2 heterocycles. The first kappa shape index (κ1) is 19.6. The van der Waals surface area contributed by atoms with E-state index in [1.807, 2.05) is 18.3 Å². The Balaban J connectivity index is 1.70. The van der Waals surface area contributed by atoms with E-state index in [0.29, 0.717) is 19.4 Å². The molecule has 0 saturated carbocycles. The van der Waals surface area contributed by atoms with Gasteiger partial charge in [-0.15, -0.1) is 0 Å². The molecule has 1 aliphatic heterocycles. The fourth-order valence-electron chi connectivity index (χ4n) is 4.59. The summed E-state index contributed by atoms with van der Waals surface area (Å²) in [6, 6.07) is 11.1. The number of alkyl halides is 1. The van der Waals surface area contributed by atoms with Crippen molar-refractivity contribution < 1.29 is 14.3 Å². The Hall–Kier alpha value is -2.66. The van der Waals surface area contributed by atoms with Gasteiger partial charge in [0.25, 0.3) is 0 Å². The van der Waals surface area contributed by atoms with Crippen molar-refractivity contribution in [2.24, 2.45) is 0 Å². The number of fused-ring (bicyclic) bond motifs is 1. The summed E-state index contributed by atoms with van der Waals surface area (Å²) >= 11 is 0. The van der Waals surface area contributed by atoms with Gasteiger partial charge >= 0.3 is 5.97 Å². The number of aromatic nitrogens is 1. The fourth-order valence-corrected chi connectivity index (χ4v) is 4.59. The minimum Gasteiger partial charge on any atom is -0.478 e. The van der Waals surface area contributed by atoms with Crippen LogP contribution in [0.25, 0.3) is 10.9 Å². The monoisotopic (exact) mass is 394 g/mol. The van der Waals surface area contributed by atoms with Crippen LogP contribution in [0.1, 0.15) is 58.4 Å². The lowest BCUT2D eigenvalue weighted by Gasteiger charge is -2.42. The summed E-state index contributed by atoms with van der Waals surface area (Å²) in [7, 11) is 0. The molecule has 29 heavy (non-hydrogen) atoms. The highest BCUT2D eigenvalue weighted by Crippen LogP contribution is 2.40. The highest BCUT2D eigenvalue weighted by atomic mass is 19.1. The number of hydrogen-bond donors (Lipinski definition) is 2. The van der Waals surface area contributed by atoms with Crippen molar-refractivity contribution in [3.63, 3.8) is 0 Å². The van der Waals surface area contributed by atoms with Crippen LogP contribution in [0.5, 0.6) is 0 Å². The number of piperidine rings is 1. The van der Waals surface area contributed by atoms with Crippen molar-refractivity contribution in [3.05, 3.63) is 70.4 Å². The average molecular weight is 394 g/mol. The van der Waals surface area contributed by atoms with Crippen molar-refractivity contribution >= 4 is 16.9 Å². The molecule has 1 aliphatic rings. The molecule has 1 fully saturated rings. The molecule has 5 heteroatoms. The van der Waals surface area contributed by atoms with Crippen LogP contribution >= 0.6 is 0 Å². The number of rotatable bonds is 4. The van der Waals surface area contributed by atoms with Gasteiger partial charge in [0, 0.05) is 42.7 Å². The highest BCUT2D eigenvalue weighted by Gasteiger charge is 2.37. The molecule has 1 saturated heterocycles. The number of aromatic carboxylic acids is 1. The molecule has 2 atom stereocenters. The molecule has 2 aromatic carbocycles.